The summed E-state index contributed by atoms with van der Waals surface area (Å²) in [6, 6.07) is 5.36. The monoisotopic (exact) mass is 258 g/mol. The highest BCUT2D eigenvalue weighted by Gasteiger charge is 2.32. The second-order valence-electron chi connectivity index (χ2n) is 5.14. The van der Waals surface area contributed by atoms with Crippen molar-refractivity contribution in [2.45, 2.75) is 39.2 Å². The summed E-state index contributed by atoms with van der Waals surface area (Å²) < 4.78 is 11.4. The Labute approximate surface area is 113 Å². The molecule has 0 bridgehead atoms. The first-order valence-electron chi connectivity index (χ1n) is 6.40. The third-order valence-corrected chi connectivity index (χ3v) is 2.90. The summed E-state index contributed by atoms with van der Waals surface area (Å²) in [5.41, 5.74) is 0.191. The van der Waals surface area contributed by atoms with Crippen LogP contribution in [0.1, 0.15) is 44.0 Å². The first kappa shape index (κ1) is 13.5. The molecule has 2 rings (SSSR count). The fourth-order valence-electron chi connectivity index (χ4n) is 2.07. The van der Waals surface area contributed by atoms with Gasteiger partial charge in [-0.25, -0.2) is 0 Å². The first-order valence-corrected chi connectivity index (χ1v) is 6.40. The molecular formula is C16H18O3. The lowest BCUT2D eigenvalue weighted by Crippen LogP contribution is -2.35. The summed E-state index contributed by atoms with van der Waals surface area (Å²) in [5, 5.41) is 0. The van der Waals surface area contributed by atoms with Crippen molar-refractivity contribution in [1.29, 1.82) is 0 Å². The molecule has 19 heavy (non-hydrogen) atoms. The standard InChI is InChI=1S/C16H18O3/c1-4-5-6-9-18-12-7-8-13-14(17)11-16(2,3)19-15(13)10-12/h7-8,10H,6,9,11H2,1-3H3. The highest BCUT2D eigenvalue weighted by atomic mass is 16.5. The molecule has 1 aliphatic rings. The van der Waals surface area contributed by atoms with Gasteiger partial charge in [0.25, 0.3) is 0 Å². The first-order chi connectivity index (χ1) is 9.02. The average Bonchev–Trinajstić information content (AvgIpc) is 2.32. The van der Waals surface area contributed by atoms with Gasteiger partial charge in [-0.2, -0.15) is 0 Å². The van der Waals surface area contributed by atoms with Crippen molar-refractivity contribution in [3.8, 4) is 23.3 Å². The lowest BCUT2D eigenvalue weighted by atomic mass is 9.93. The Morgan fingerprint density at radius 1 is 1.42 bits per heavy atom. The summed E-state index contributed by atoms with van der Waals surface area (Å²) in [6.07, 6.45) is 1.10. The van der Waals surface area contributed by atoms with Crippen LogP contribution in [-0.4, -0.2) is 18.0 Å². The highest BCUT2D eigenvalue weighted by molar-refractivity contribution is 6.00. The van der Waals surface area contributed by atoms with Gasteiger partial charge in [-0.1, -0.05) is 0 Å². The molecule has 3 heteroatoms. The van der Waals surface area contributed by atoms with Gasteiger partial charge in [0.2, 0.25) is 0 Å². The van der Waals surface area contributed by atoms with Gasteiger partial charge in [-0.15, -0.1) is 11.8 Å². The minimum Gasteiger partial charge on any atom is -0.492 e. The number of hydrogen-bond acceptors (Lipinski definition) is 3. The Kier molecular flexibility index (Phi) is 3.80. The summed E-state index contributed by atoms with van der Waals surface area (Å²) in [7, 11) is 0. The molecule has 0 N–H and O–H groups in total. The third kappa shape index (κ3) is 3.29. The minimum atomic E-state index is -0.448. The molecule has 100 valence electrons. The van der Waals surface area contributed by atoms with Crippen molar-refractivity contribution in [1.82, 2.24) is 0 Å². The molecule has 0 aliphatic carbocycles. The number of rotatable bonds is 3. The Balaban J connectivity index is 2.13. The number of ketones is 1. The van der Waals surface area contributed by atoms with E-state index in [2.05, 4.69) is 11.8 Å². The van der Waals surface area contributed by atoms with E-state index in [1.165, 1.54) is 0 Å². The zero-order chi connectivity index (χ0) is 13.9. The van der Waals surface area contributed by atoms with Gasteiger partial charge < -0.3 is 9.47 Å². The van der Waals surface area contributed by atoms with Crippen LogP contribution in [0.3, 0.4) is 0 Å². The third-order valence-electron chi connectivity index (χ3n) is 2.90. The number of fused-ring (bicyclic) bond motifs is 1. The SMILES string of the molecule is CC#CCCOc1ccc2c(c1)OC(C)(C)CC2=O. The smallest absolute Gasteiger partial charge is 0.170 e. The van der Waals surface area contributed by atoms with E-state index in [0.717, 1.165) is 0 Å². The molecule has 1 aromatic carbocycles. The summed E-state index contributed by atoms with van der Waals surface area (Å²) in [5.74, 6) is 7.20. The van der Waals surface area contributed by atoms with E-state index in [-0.39, 0.29) is 5.78 Å². The zero-order valence-electron chi connectivity index (χ0n) is 11.6. The largest absolute Gasteiger partial charge is 0.492 e. The van der Waals surface area contributed by atoms with Gasteiger partial charge in [0.1, 0.15) is 17.1 Å². The molecule has 1 heterocycles. The van der Waals surface area contributed by atoms with E-state index < -0.39 is 5.60 Å². The van der Waals surface area contributed by atoms with Crippen molar-refractivity contribution in [2.24, 2.45) is 0 Å². The van der Waals surface area contributed by atoms with E-state index in [1.54, 1.807) is 25.1 Å². The van der Waals surface area contributed by atoms with Crippen LogP contribution in [0, 0.1) is 11.8 Å². The van der Waals surface area contributed by atoms with Crippen LogP contribution < -0.4 is 9.47 Å². The predicted molar refractivity (Wildman–Crippen MR) is 73.7 cm³/mol. The lowest BCUT2D eigenvalue weighted by molar-refractivity contribution is 0.0618. The molecule has 1 aliphatic heterocycles. The van der Waals surface area contributed by atoms with E-state index in [4.69, 9.17) is 9.47 Å². The molecule has 0 saturated heterocycles. The van der Waals surface area contributed by atoms with Crippen LogP contribution in [0.2, 0.25) is 0 Å². The van der Waals surface area contributed by atoms with Crippen molar-refractivity contribution in [3.63, 3.8) is 0 Å². The maximum atomic E-state index is 12.0. The van der Waals surface area contributed by atoms with E-state index in [1.807, 2.05) is 13.8 Å². The number of carbonyl (C=O) groups excluding carboxylic acids is 1. The predicted octanol–water partition coefficient (Wildman–Crippen LogP) is 3.22. The van der Waals surface area contributed by atoms with Crippen molar-refractivity contribution in [2.75, 3.05) is 6.61 Å². The molecule has 0 unspecified atom stereocenters. The molecular weight excluding hydrogens is 240 g/mol. The molecule has 0 saturated carbocycles. The van der Waals surface area contributed by atoms with Gasteiger partial charge in [0, 0.05) is 12.5 Å². The Bertz CT molecular complexity index is 547. The van der Waals surface area contributed by atoms with Gasteiger partial charge in [0.15, 0.2) is 5.78 Å². The molecule has 3 nitrogen and oxygen atoms in total. The minimum absolute atomic E-state index is 0.120. The topological polar surface area (TPSA) is 35.5 Å². The Morgan fingerprint density at radius 2 is 2.21 bits per heavy atom. The van der Waals surface area contributed by atoms with Gasteiger partial charge in [-0.05, 0) is 32.9 Å². The van der Waals surface area contributed by atoms with Crippen molar-refractivity contribution in [3.05, 3.63) is 23.8 Å². The number of ether oxygens (including phenoxy) is 2. The van der Waals surface area contributed by atoms with Gasteiger partial charge in [0.05, 0.1) is 18.6 Å². The van der Waals surface area contributed by atoms with Crippen molar-refractivity contribution >= 4 is 5.78 Å². The van der Waals surface area contributed by atoms with Crippen LogP contribution in [-0.2, 0) is 0 Å². The molecule has 0 aromatic heterocycles. The van der Waals surface area contributed by atoms with Gasteiger partial charge >= 0.3 is 0 Å². The highest BCUT2D eigenvalue weighted by Crippen LogP contribution is 2.35. The molecule has 0 radical (unpaired) electrons. The summed E-state index contributed by atoms with van der Waals surface area (Å²) in [4.78, 5) is 12.0. The average molecular weight is 258 g/mol. The maximum Gasteiger partial charge on any atom is 0.170 e. The number of benzene rings is 1. The Morgan fingerprint density at radius 3 is 2.95 bits per heavy atom. The molecule has 1 aromatic rings. The lowest BCUT2D eigenvalue weighted by Gasteiger charge is -2.31. The second-order valence-corrected chi connectivity index (χ2v) is 5.14. The molecule has 0 atom stereocenters. The second kappa shape index (κ2) is 5.36. The maximum absolute atomic E-state index is 12.0. The molecule has 0 amide bonds. The van der Waals surface area contributed by atoms with Crippen LogP contribution in [0.25, 0.3) is 0 Å². The van der Waals surface area contributed by atoms with Crippen molar-refractivity contribution < 1.29 is 14.3 Å². The zero-order valence-corrected chi connectivity index (χ0v) is 11.6. The quantitative estimate of drug-likeness (QED) is 0.617. The van der Waals surface area contributed by atoms with E-state index in [0.29, 0.717) is 36.5 Å². The van der Waals surface area contributed by atoms with Crippen LogP contribution in [0.15, 0.2) is 18.2 Å². The van der Waals surface area contributed by atoms with Crippen LogP contribution >= 0.6 is 0 Å². The fraction of sp³-hybridized carbons (Fsp3) is 0.438. The number of Topliss-reactive ketones (excluding diaryl/α,β-unsaturated/α-hetero) is 1. The fourth-order valence-corrected chi connectivity index (χ4v) is 2.07. The van der Waals surface area contributed by atoms with Crippen LogP contribution in [0.4, 0.5) is 0 Å². The molecule has 0 fully saturated rings. The summed E-state index contributed by atoms with van der Waals surface area (Å²) in [6.45, 7) is 6.17. The normalized spacial score (nSPS) is 15.8. The van der Waals surface area contributed by atoms with Gasteiger partial charge in [-0.3, -0.25) is 4.79 Å². The van der Waals surface area contributed by atoms with E-state index >= 15 is 0 Å². The van der Waals surface area contributed by atoms with E-state index in [9.17, 15) is 4.79 Å². The molecule has 0 spiro atoms. The Hall–Kier alpha value is -1.95. The number of hydrogen-bond donors (Lipinski definition) is 0. The summed E-state index contributed by atoms with van der Waals surface area (Å²) >= 11 is 0. The van der Waals surface area contributed by atoms with Crippen LogP contribution in [0.5, 0.6) is 11.5 Å². The number of carbonyl (C=O) groups is 1.